The van der Waals surface area contributed by atoms with Gasteiger partial charge in [-0.3, -0.25) is 9.59 Å². The van der Waals surface area contributed by atoms with E-state index in [1.165, 1.54) is 12.1 Å². The highest BCUT2D eigenvalue weighted by Crippen LogP contribution is 2.09. The van der Waals surface area contributed by atoms with Crippen LogP contribution in [0.5, 0.6) is 0 Å². The van der Waals surface area contributed by atoms with Gasteiger partial charge in [0, 0.05) is 12.1 Å². The maximum Gasteiger partial charge on any atom is 0.329 e. The Morgan fingerprint density at radius 3 is 2.19 bits per heavy atom. The molecule has 2 aromatic rings. The molecule has 0 aromatic heterocycles. The Kier molecular flexibility index (Phi) is 8.91. The van der Waals surface area contributed by atoms with Crippen LogP contribution in [0.1, 0.15) is 29.8 Å². The van der Waals surface area contributed by atoms with Gasteiger partial charge in [0.15, 0.2) is 6.61 Å². The molecule has 0 aliphatic rings. The van der Waals surface area contributed by atoms with Crippen LogP contribution in [0.2, 0.25) is 0 Å². The van der Waals surface area contributed by atoms with E-state index in [-0.39, 0.29) is 17.4 Å². The van der Waals surface area contributed by atoms with E-state index in [1.807, 2.05) is 0 Å². The van der Waals surface area contributed by atoms with E-state index < -0.39 is 40.5 Å². The number of primary sulfonamides is 1. The molecule has 32 heavy (non-hydrogen) atoms. The molecule has 0 aliphatic heterocycles. The van der Waals surface area contributed by atoms with E-state index in [0.717, 1.165) is 5.56 Å². The Balaban J connectivity index is 1.79. The summed E-state index contributed by atoms with van der Waals surface area (Å²) < 4.78 is 27.6. The minimum Gasteiger partial charge on any atom is -0.454 e. The second-order valence-electron chi connectivity index (χ2n) is 7.46. The first-order chi connectivity index (χ1) is 15.1. The topological polar surface area (TPSA) is 145 Å². The van der Waals surface area contributed by atoms with Crippen molar-refractivity contribution in [3.8, 4) is 0 Å². The van der Waals surface area contributed by atoms with Crippen LogP contribution in [0, 0.1) is 5.92 Å². The number of amides is 2. The largest absolute Gasteiger partial charge is 0.454 e. The van der Waals surface area contributed by atoms with Crippen LogP contribution >= 0.6 is 0 Å². The van der Waals surface area contributed by atoms with Gasteiger partial charge in [0.05, 0.1) is 4.90 Å². The fourth-order valence-electron chi connectivity index (χ4n) is 2.78. The lowest BCUT2D eigenvalue weighted by molar-refractivity contribution is -0.151. The van der Waals surface area contributed by atoms with Crippen molar-refractivity contribution in [1.29, 1.82) is 0 Å². The number of benzene rings is 2. The van der Waals surface area contributed by atoms with E-state index in [4.69, 9.17) is 9.88 Å². The van der Waals surface area contributed by atoms with Crippen LogP contribution in [0.4, 0.5) is 0 Å². The first-order valence-corrected chi connectivity index (χ1v) is 11.5. The maximum absolute atomic E-state index is 12.4. The van der Waals surface area contributed by atoms with E-state index in [1.54, 1.807) is 56.3 Å². The van der Waals surface area contributed by atoms with Gasteiger partial charge in [-0.2, -0.15) is 0 Å². The zero-order chi connectivity index (χ0) is 23.7. The van der Waals surface area contributed by atoms with Crippen LogP contribution < -0.4 is 15.8 Å². The lowest BCUT2D eigenvalue weighted by Crippen LogP contribution is -2.46. The first kappa shape index (κ1) is 25.0. The van der Waals surface area contributed by atoms with Crippen LogP contribution in [0.25, 0.3) is 0 Å². The van der Waals surface area contributed by atoms with Crippen molar-refractivity contribution in [2.75, 3.05) is 13.2 Å². The van der Waals surface area contributed by atoms with Crippen LogP contribution in [0.3, 0.4) is 0 Å². The zero-order valence-corrected chi connectivity index (χ0v) is 18.7. The Morgan fingerprint density at radius 2 is 1.62 bits per heavy atom. The lowest BCUT2D eigenvalue weighted by atomic mass is 10.0. The normalized spacial score (nSPS) is 12.1. The van der Waals surface area contributed by atoms with Crippen molar-refractivity contribution in [2.45, 2.75) is 31.2 Å². The Bertz CT molecular complexity index is 1040. The average Bonchev–Trinajstić information content (AvgIpc) is 2.75. The lowest BCUT2D eigenvalue weighted by Gasteiger charge is -2.20. The SMILES string of the molecule is CC(C)[C@H](NC(=O)c1ccccc1)C(=O)OCC(=O)NCCc1ccc(S(N)(=O)=O)cc1. The average molecular weight is 462 g/mol. The van der Waals surface area contributed by atoms with Crippen LogP contribution in [-0.4, -0.2) is 45.4 Å². The number of hydrogen-bond donors (Lipinski definition) is 3. The number of rotatable bonds is 10. The summed E-state index contributed by atoms with van der Waals surface area (Å²) in [5.74, 6) is -1.83. The third kappa shape index (κ3) is 7.78. The number of hydrogen-bond acceptors (Lipinski definition) is 6. The number of esters is 1. The predicted octanol–water partition coefficient (Wildman–Crippen LogP) is 0.991. The summed E-state index contributed by atoms with van der Waals surface area (Å²) in [6, 6.07) is 13.6. The summed E-state index contributed by atoms with van der Waals surface area (Å²) in [5.41, 5.74) is 1.22. The fourth-order valence-corrected chi connectivity index (χ4v) is 3.30. The molecule has 0 fully saturated rings. The first-order valence-electron chi connectivity index (χ1n) is 9.99. The van der Waals surface area contributed by atoms with Gasteiger partial charge >= 0.3 is 5.97 Å². The van der Waals surface area contributed by atoms with Gasteiger partial charge in [0.1, 0.15) is 6.04 Å². The third-order valence-electron chi connectivity index (χ3n) is 4.58. The van der Waals surface area contributed by atoms with Crippen molar-refractivity contribution in [3.05, 3.63) is 65.7 Å². The summed E-state index contributed by atoms with van der Waals surface area (Å²) in [5, 5.41) is 10.3. The summed E-state index contributed by atoms with van der Waals surface area (Å²) in [7, 11) is -3.75. The molecule has 2 amide bonds. The van der Waals surface area contributed by atoms with E-state index in [0.29, 0.717) is 12.0 Å². The molecule has 2 aromatic carbocycles. The van der Waals surface area contributed by atoms with Crippen LogP contribution in [-0.2, 0) is 30.8 Å². The molecule has 0 saturated carbocycles. The molecule has 172 valence electrons. The smallest absolute Gasteiger partial charge is 0.329 e. The summed E-state index contributed by atoms with van der Waals surface area (Å²) in [4.78, 5) is 36.7. The number of sulfonamides is 1. The van der Waals surface area contributed by atoms with Crippen molar-refractivity contribution in [2.24, 2.45) is 11.1 Å². The Labute approximate surface area is 187 Å². The van der Waals surface area contributed by atoms with E-state index >= 15 is 0 Å². The van der Waals surface area contributed by atoms with Gasteiger partial charge in [-0.05, 0) is 42.2 Å². The van der Waals surface area contributed by atoms with Gasteiger partial charge in [-0.15, -0.1) is 0 Å². The highest BCUT2D eigenvalue weighted by Gasteiger charge is 2.26. The summed E-state index contributed by atoms with van der Waals surface area (Å²) in [6.07, 6.45) is 0.451. The van der Waals surface area contributed by atoms with Crippen molar-refractivity contribution >= 4 is 27.8 Å². The van der Waals surface area contributed by atoms with Gasteiger partial charge in [0.2, 0.25) is 10.0 Å². The fraction of sp³-hybridized carbons (Fsp3) is 0.318. The molecule has 9 nitrogen and oxygen atoms in total. The summed E-state index contributed by atoms with van der Waals surface area (Å²) in [6.45, 7) is 3.31. The van der Waals surface area contributed by atoms with E-state index in [9.17, 15) is 22.8 Å². The molecule has 0 radical (unpaired) electrons. The third-order valence-corrected chi connectivity index (χ3v) is 5.51. The molecular weight excluding hydrogens is 434 g/mol. The molecule has 2 rings (SSSR count). The van der Waals surface area contributed by atoms with E-state index in [2.05, 4.69) is 10.6 Å². The molecule has 0 aliphatic carbocycles. The molecule has 0 bridgehead atoms. The van der Waals surface area contributed by atoms with Crippen molar-refractivity contribution in [1.82, 2.24) is 10.6 Å². The second-order valence-corrected chi connectivity index (χ2v) is 9.02. The van der Waals surface area contributed by atoms with Crippen LogP contribution in [0.15, 0.2) is 59.5 Å². The number of carbonyl (C=O) groups excluding carboxylic acids is 3. The molecule has 0 heterocycles. The highest BCUT2D eigenvalue weighted by atomic mass is 32.2. The molecule has 1 atom stereocenters. The number of carbonyl (C=O) groups is 3. The van der Waals surface area contributed by atoms with Gasteiger partial charge in [0.25, 0.3) is 11.8 Å². The van der Waals surface area contributed by atoms with Gasteiger partial charge in [-0.1, -0.05) is 44.2 Å². The number of nitrogens with two attached hydrogens (primary N) is 1. The quantitative estimate of drug-likeness (QED) is 0.450. The van der Waals surface area contributed by atoms with Gasteiger partial charge < -0.3 is 15.4 Å². The zero-order valence-electron chi connectivity index (χ0n) is 17.9. The molecule has 0 saturated heterocycles. The minimum atomic E-state index is -3.75. The Hall–Kier alpha value is -3.24. The minimum absolute atomic E-state index is 0.0104. The molecular formula is C22H27N3O6S. The van der Waals surface area contributed by atoms with Crippen molar-refractivity contribution in [3.63, 3.8) is 0 Å². The Morgan fingerprint density at radius 1 is 1.00 bits per heavy atom. The van der Waals surface area contributed by atoms with Gasteiger partial charge in [-0.25, -0.2) is 18.4 Å². The maximum atomic E-state index is 12.4. The second kappa shape index (κ2) is 11.4. The standard InChI is InChI=1S/C22H27N3O6S/c1-15(2)20(25-21(27)17-6-4-3-5-7-17)22(28)31-14-19(26)24-13-12-16-8-10-18(11-9-16)32(23,29)30/h3-11,15,20H,12-14H2,1-2H3,(H,24,26)(H,25,27)(H2,23,29,30)/t20-/m0/s1. The summed E-state index contributed by atoms with van der Waals surface area (Å²) >= 11 is 0. The number of nitrogens with one attached hydrogen (secondary N) is 2. The molecule has 10 heteroatoms. The molecule has 0 spiro atoms. The highest BCUT2D eigenvalue weighted by molar-refractivity contribution is 7.89. The van der Waals surface area contributed by atoms with Crippen molar-refractivity contribution < 1.29 is 27.5 Å². The monoisotopic (exact) mass is 461 g/mol. The molecule has 0 unspecified atom stereocenters. The predicted molar refractivity (Wildman–Crippen MR) is 118 cm³/mol. The number of ether oxygens (including phenoxy) is 1. The molecule has 4 N–H and O–H groups in total.